The van der Waals surface area contributed by atoms with E-state index in [0.717, 1.165) is 98.6 Å². The molecule has 4 unspecified atom stereocenters. The Morgan fingerprint density at radius 1 is 0.494 bits per heavy atom. The molecule has 2 aromatic heterocycles. The maximum Gasteiger partial charge on any atom is 0.410 e. The minimum atomic E-state index is -0.479. The maximum absolute atomic E-state index is 12.8. The van der Waals surface area contributed by atoms with E-state index in [9.17, 15) is 19.2 Å². The Morgan fingerprint density at radius 3 is 1.36 bits per heavy atom. The van der Waals surface area contributed by atoms with Crippen molar-refractivity contribution < 1.29 is 57.1 Å². The smallest absolute Gasteiger partial charge is 0.410 e. The van der Waals surface area contributed by atoms with Crippen LogP contribution in [0.4, 0.5) is 24.9 Å². The molecule has 8 heterocycles. The van der Waals surface area contributed by atoms with E-state index in [1.54, 1.807) is 16.0 Å². The molecule has 20 nitrogen and oxygen atoms in total. The molecule has 87 heavy (non-hydrogen) atoms. The molecular formula is C66H89BrN8O12. The third kappa shape index (κ3) is 18.8. The molecule has 2 aromatic carbocycles. The standard InChI is InChI=1S/C33H44N4O6.C19H27BrN2O4.C14H18N2O2/c1-33(2,3)43-32(39)35-15-12-27(13-16-35)41-28-18-29(19-28)42-30-17-24(11-14-34-30)37-25-9-10-26(37)21-36(20-25)31(38)40-22-23-7-5-4-6-8-23;1-19(2,3)26-18(23)22-8-5-14(6-9-22)24-15-11-16(12-15)25-17-10-13(20)4-7-21-17;17-14(18-10-11-4-2-1-3-5-11)16-8-12-6-7-13(9-16)15-12/h4-8,11,14,17,25-29H,9-10,12-13,15-16,18-22H2,1-3H3;4,7,10,14-16H,5-6,8-9,11-12H2,1-3H3;1-5,12-13,15H,6-10H2. The second-order valence-electron chi connectivity index (χ2n) is 26.3. The molecule has 12 rings (SSSR count). The molecule has 2 aliphatic carbocycles. The fourth-order valence-electron chi connectivity index (χ4n) is 12.5. The molecule has 21 heteroatoms. The van der Waals surface area contributed by atoms with Gasteiger partial charge in [0, 0.05) is 137 Å². The quantitative estimate of drug-likeness (QED) is 0.124. The lowest BCUT2D eigenvalue weighted by molar-refractivity contribution is -0.111. The van der Waals surface area contributed by atoms with Crippen LogP contribution in [0.5, 0.6) is 11.8 Å². The number of nitrogens with one attached hydrogen (secondary N) is 1. The average Bonchev–Trinajstić information content (AvgIpc) is 2.21. The molecule has 0 radical (unpaired) electrons. The molecule has 472 valence electrons. The number of nitrogens with zero attached hydrogens (tertiary/aromatic N) is 7. The summed E-state index contributed by atoms with van der Waals surface area (Å²) in [6.07, 6.45) is 15.0. The van der Waals surface area contributed by atoms with Gasteiger partial charge in [0.05, 0.1) is 24.4 Å². The van der Waals surface area contributed by atoms with Crippen molar-refractivity contribution >= 4 is 46.0 Å². The number of anilines is 1. The number of fused-ring (bicyclic) bond motifs is 4. The number of hydrogen-bond donors (Lipinski definition) is 1. The summed E-state index contributed by atoms with van der Waals surface area (Å²) in [4.78, 5) is 67.6. The number of halogens is 1. The van der Waals surface area contributed by atoms with E-state index in [4.69, 9.17) is 37.9 Å². The molecule has 2 saturated carbocycles. The number of piperazine rings is 2. The van der Waals surface area contributed by atoms with E-state index in [2.05, 4.69) is 36.1 Å². The summed E-state index contributed by atoms with van der Waals surface area (Å²) in [6, 6.07) is 28.9. The number of piperidine rings is 2. The predicted octanol–water partition coefficient (Wildman–Crippen LogP) is 11.3. The lowest BCUT2D eigenvalue weighted by Crippen LogP contribution is -2.55. The fourth-order valence-corrected chi connectivity index (χ4v) is 12.8. The normalized spacial score (nSPS) is 25.3. The first kappa shape index (κ1) is 63.6. The van der Waals surface area contributed by atoms with E-state index in [1.807, 2.05) is 142 Å². The number of carbonyl (C=O) groups is 4. The van der Waals surface area contributed by atoms with E-state index in [0.29, 0.717) is 76.3 Å². The number of likely N-dealkylation sites (tertiary alicyclic amines) is 4. The molecule has 6 saturated heterocycles. The van der Waals surface area contributed by atoms with Crippen molar-refractivity contribution in [3.63, 3.8) is 0 Å². The highest BCUT2D eigenvalue weighted by atomic mass is 79.9. The van der Waals surface area contributed by atoms with Crippen molar-refractivity contribution in [1.82, 2.24) is 34.9 Å². The van der Waals surface area contributed by atoms with Crippen LogP contribution in [0.2, 0.25) is 0 Å². The minimum absolute atomic E-state index is 0.0857. The largest absolute Gasteiger partial charge is 0.474 e. The van der Waals surface area contributed by atoms with Crippen LogP contribution >= 0.6 is 15.9 Å². The monoisotopic (exact) mass is 1260 g/mol. The van der Waals surface area contributed by atoms with Gasteiger partial charge in [-0.25, -0.2) is 29.1 Å². The third-order valence-corrected chi connectivity index (χ3v) is 17.5. The van der Waals surface area contributed by atoms with Crippen LogP contribution in [0.3, 0.4) is 0 Å². The van der Waals surface area contributed by atoms with Crippen molar-refractivity contribution in [2.75, 3.05) is 57.3 Å². The molecule has 4 bridgehead atoms. The minimum Gasteiger partial charge on any atom is -0.474 e. The van der Waals surface area contributed by atoms with Gasteiger partial charge in [0.15, 0.2) is 0 Å². The topological polar surface area (TPSA) is 196 Å². The molecular weight excluding hydrogens is 1180 g/mol. The van der Waals surface area contributed by atoms with Crippen molar-refractivity contribution in [2.45, 2.75) is 204 Å². The lowest BCUT2D eigenvalue weighted by atomic mass is 9.91. The van der Waals surface area contributed by atoms with Crippen LogP contribution in [-0.4, -0.2) is 178 Å². The van der Waals surface area contributed by atoms with Crippen LogP contribution in [0.15, 0.2) is 102 Å². The average molecular weight is 1270 g/mol. The first-order valence-electron chi connectivity index (χ1n) is 31.4. The zero-order chi connectivity index (χ0) is 61.1. The number of aromatic nitrogens is 2. The highest BCUT2D eigenvalue weighted by molar-refractivity contribution is 9.10. The van der Waals surface area contributed by atoms with Crippen LogP contribution in [-0.2, 0) is 41.6 Å². The highest BCUT2D eigenvalue weighted by Crippen LogP contribution is 2.38. The molecule has 4 aromatic rings. The predicted molar refractivity (Wildman–Crippen MR) is 331 cm³/mol. The molecule has 6 aliphatic heterocycles. The first-order chi connectivity index (χ1) is 41.8. The van der Waals surface area contributed by atoms with E-state index in [-0.39, 0.29) is 73.1 Å². The fraction of sp³-hybridized carbons (Fsp3) is 0.606. The summed E-state index contributed by atoms with van der Waals surface area (Å²) >= 11 is 3.42. The zero-order valence-corrected chi connectivity index (χ0v) is 53.1. The second-order valence-corrected chi connectivity index (χ2v) is 27.2. The number of benzene rings is 2. The third-order valence-electron chi connectivity index (χ3n) is 17.0. The maximum atomic E-state index is 12.8. The van der Waals surface area contributed by atoms with Gasteiger partial charge < -0.3 is 67.7 Å². The number of ether oxygens (including phenoxy) is 8. The first-order valence-corrected chi connectivity index (χ1v) is 32.2. The second kappa shape index (κ2) is 29.3. The van der Waals surface area contributed by atoms with Gasteiger partial charge in [-0.15, -0.1) is 0 Å². The van der Waals surface area contributed by atoms with Gasteiger partial charge in [-0.2, -0.15) is 0 Å². The summed E-state index contributed by atoms with van der Waals surface area (Å²) in [5.41, 5.74) is 2.19. The number of hydrogen-bond acceptors (Lipinski definition) is 16. The molecule has 4 atom stereocenters. The van der Waals surface area contributed by atoms with E-state index in [1.165, 1.54) is 12.8 Å². The van der Waals surface area contributed by atoms with E-state index < -0.39 is 11.2 Å². The zero-order valence-electron chi connectivity index (χ0n) is 51.5. The van der Waals surface area contributed by atoms with Gasteiger partial charge in [-0.1, -0.05) is 76.6 Å². The summed E-state index contributed by atoms with van der Waals surface area (Å²) < 4.78 is 47.4. The Labute approximate surface area is 521 Å². The number of carbonyl (C=O) groups excluding carboxylic acids is 4. The van der Waals surface area contributed by atoms with Crippen LogP contribution < -0.4 is 19.7 Å². The Balaban J connectivity index is 0.000000161. The van der Waals surface area contributed by atoms with Gasteiger partial charge in [-0.3, -0.25) is 0 Å². The van der Waals surface area contributed by atoms with Crippen LogP contribution in [0.25, 0.3) is 0 Å². The molecule has 0 spiro atoms. The number of pyridine rings is 2. The van der Waals surface area contributed by atoms with Gasteiger partial charge in [0.25, 0.3) is 0 Å². The van der Waals surface area contributed by atoms with Crippen LogP contribution in [0, 0.1) is 0 Å². The van der Waals surface area contributed by atoms with Crippen molar-refractivity contribution in [1.29, 1.82) is 0 Å². The summed E-state index contributed by atoms with van der Waals surface area (Å²) in [5, 5.41) is 3.50. The number of amides is 4. The van der Waals surface area contributed by atoms with E-state index >= 15 is 0 Å². The summed E-state index contributed by atoms with van der Waals surface area (Å²) in [6.45, 7) is 17.6. The Bertz CT molecular complexity index is 2850. The Morgan fingerprint density at radius 2 is 0.920 bits per heavy atom. The summed E-state index contributed by atoms with van der Waals surface area (Å²) in [5.74, 6) is 1.28. The highest BCUT2D eigenvalue weighted by Gasteiger charge is 2.43. The van der Waals surface area contributed by atoms with Gasteiger partial charge in [-0.05, 0) is 116 Å². The molecule has 4 amide bonds. The van der Waals surface area contributed by atoms with Gasteiger partial charge in [0.1, 0.15) is 36.6 Å². The van der Waals surface area contributed by atoms with Gasteiger partial charge >= 0.3 is 24.4 Å². The molecule has 8 fully saturated rings. The lowest BCUT2D eigenvalue weighted by Gasteiger charge is -2.42. The van der Waals surface area contributed by atoms with Crippen molar-refractivity contribution in [3.8, 4) is 11.8 Å². The SMILES string of the molecule is CC(C)(C)OC(=O)N1CCC(OC2CC(Oc3cc(Br)ccn3)C2)CC1.CC(C)(C)OC(=O)N1CCC(OC2CC(Oc3cc(N4C5CCC4CN(C(=O)OCc4ccccc4)C5)ccn3)C2)CC1.O=C(OCc1ccccc1)N1CC2CCC(C1)N2. The number of rotatable bonds is 13. The van der Waals surface area contributed by atoms with Crippen molar-refractivity contribution in [2.24, 2.45) is 0 Å². The Hall–Kier alpha value is -6.42. The van der Waals surface area contributed by atoms with Crippen molar-refractivity contribution in [3.05, 3.63) is 113 Å². The van der Waals surface area contributed by atoms with Gasteiger partial charge in [0.2, 0.25) is 11.8 Å². The van der Waals surface area contributed by atoms with Crippen LogP contribution in [0.1, 0.15) is 130 Å². The molecule has 1 N–H and O–H groups in total. The molecule has 8 aliphatic rings. The summed E-state index contributed by atoms with van der Waals surface area (Å²) in [7, 11) is 0. The Kier molecular flexibility index (Phi) is 21.4.